The first-order chi connectivity index (χ1) is 16.5. The number of nitro benzene ring substituents is 1. The lowest BCUT2D eigenvalue weighted by atomic mass is 10.2. The quantitative estimate of drug-likeness (QED) is 0.0947. The van der Waals surface area contributed by atoms with Crippen molar-refractivity contribution in [3.63, 3.8) is 0 Å². The minimum atomic E-state index is -0.674. The van der Waals surface area contributed by atoms with Crippen molar-refractivity contribution in [1.29, 1.82) is 0 Å². The van der Waals surface area contributed by atoms with Crippen LogP contribution >= 0.6 is 23.1 Å². The van der Waals surface area contributed by atoms with Gasteiger partial charge in [0.25, 0.3) is 11.6 Å². The van der Waals surface area contributed by atoms with Crippen molar-refractivity contribution in [2.24, 2.45) is 5.10 Å². The number of hydrazone groups is 1. The zero-order chi connectivity index (χ0) is 23.9. The lowest BCUT2D eigenvalue weighted by molar-refractivity contribution is -0.384. The van der Waals surface area contributed by atoms with E-state index in [-0.39, 0.29) is 28.7 Å². The Balaban J connectivity index is 1.33. The third-order valence-electron chi connectivity index (χ3n) is 4.43. The molecule has 11 heteroatoms. The van der Waals surface area contributed by atoms with Crippen LogP contribution in [0.1, 0.15) is 15.9 Å². The maximum absolute atomic E-state index is 12.4. The van der Waals surface area contributed by atoms with Gasteiger partial charge in [-0.05, 0) is 36.4 Å². The molecule has 1 N–H and O–H groups in total. The van der Waals surface area contributed by atoms with Crippen LogP contribution < -0.4 is 10.2 Å². The number of hydrogen-bond donors (Lipinski definition) is 1. The number of nitrogens with one attached hydrogen (secondary N) is 1. The van der Waals surface area contributed by atoms with Crippen molar-refractivity contribution in [2.75, 3.05) is 5.75 Å². The average Bonchev–Trinajstić information content (AvgIpc) is 3.27. The SMILES string of the molecule is O=C(CSc1nc2ccccc2s1)N/N=C\c1ccccc1OC(=O)c1ccc([N+](=O)[O-])cc1. The zero-order valence-electron chi connectivity index (χ0n) is 17.4. The third-order valence-corrected chi connectivity index (χ3v) is 6.61. The van der Waals surface area contributed by atoms with Crippen molar-refractivity contribution in [2.45, 2.75) is 4.34 Å². The molecular weight excluding hydrogens is 476 g/mol. The smallest absolute Gasteiger partial charge is 0.343 e. The van der Waals surface area contributed by atoms with Gasteiger partial charge in [-0.25, -0.2) is 15.2 Å². The Kier molecular flexibility index (Phi) is 7.25. The summed E-state index contributed by atoms with van der Waals surface area (Å²) >= 11 is 2.84. The Morgan fingerprint density at radius 3 is 2.59 bits per heavy atom. The van der Waals surface area contributed by atoms with Gasteiger partial charge in [0.15, 0.2) is 4.34 Å². The lowest BCUT2D eigenvalue weighted by Crippen LogP contribution is -2.19. The molecule has 0 atom stereocenters. The summed E-state index contributed by atoms with van der Waals surface area (Å²) in [4.78, 5) is 39.2. The first-order valence-corrected chi connectivity index (χ1v) is 11.7. The minimum absolute atomic E-state index is 0.124. The fraction of sp³-hybridized carbons (Fsp3) is 0.0435. The van der Waals surface area contributed by atoms with Crippen LogP contribution in [0.25, 0.3) is 10.2 Å². The highest BCUT2D eigenvalue weighted by molar-refractivity contribution is 8.01. The molecule has 0 radical (unpaired) electrons. The van der Waals surface area contributed by atoms with Gasteiger partial charge < -0.3 is 4.74 Å². The molecule has 3 aromatic carbocycles. The number of benzene rings is 3. The standard InChI is InChI=1S/C23H16N4O5S2/c28-21(14-33-23-25-18-6-2-4-8-20(18)34-23)26-24-13-16-5-1-3-7-19(16)32-22(29)15-9-11-17(12-10-15)27(30)31/h1-13H,14H2,(H,26,28)/b24-13-. The van der Waals surface area contributed by atoms with Crippen molar-refractivity contribution < 1.29 is 19.2 Å². The van der Waals surface area contributed by atoms with E-state index in [9.17, 15) is 19.7 Å². The number of ether oxygens (including phenoxy) is 1. The first kappa shape index (κ1) is 23.1. The normalized spacial score (nSPS) is 10.9. The topological polar surface area (TPSA) is 124 Å². The maximum atomic E-state index is 12.4. The summed E-state index contributed by atoms with van der Waals surface area (Å²) in [6.45, 7) is 0. The van der Waals surface area contributed by atoms with Crippen molar-refractivity contribution in [1.82, 2.24) is 10.4 Å². The van der Waals surface area contributed by atoms with Crippen LogP contribution in [0.15, 0.2) is 82.2 Å². The number of rotatable bonds is 8. The third kappa shape index (κ3) is 5.82. The molecule has 4 rings (SSSR count). The molecule has 0 saturated heterocycles. The Morgan fingerprint density at radius 2 is 1.82 bits per heavy atom. The molecule has 1 heterocycles. The van der Waals surface area contributed by atoms with E-state index in [4.69, 9.17) is 4.74 Å². The molecule has 0 bridgehead atoms. The van der Waals surface area contributed by atoms with Gasteiger partial charge in [-0.15, -0.1) is 11.3 Å². The summed E-state index contributed by atoms with van der Waals surface area (Å²) < 4.78 is 7.25. The minimum Gasteiger partial charge on any atom is -0.422 e. The van der Waals surface area contributed by atoms with Crippen LogP contribution in [-0.2, 0) is 4.79 Å². The van der Waals surface area contributed by atoms with E-state index in [0.717, 1.165) is 14.6 Å². The molecule has 0 unspecified atom stereocenters. The summed E-state index contributed by atoms with van der Waals surface area (Å²) in [5.41, 5.74) is 3.85. The van der Waals surface area contributed by atoms with Crippen LogP contribution in [-0.4, -0.2) is 33.8 Å². The van der Waals surface area contributed by atoms with Crippen LogP contribution in [0.5, 0.6) is 5.75 Å². The second-order valence-corrected chi connectivity index (χ2v) is 9.01. The molecule has 4 aromatic rings. The summed E-state index contributed by atoms with van der Waals surface area (Å²) in [5, 5.41) is 14.7. The van der Waals surface area contributed by atoms with Crippen LogP contribution in [0, 0.1) is 10.1 Å². The summed E-state index contributed by atoms with van der Waals surface area (Å²) in [6, 6.07) is 19.5. The van der Waals surface area contributed by atoms with E-state index in [1.54, 1.807) is 24.3 Å². The Hall–Kier alpha value is -4.09. The predicted octanol–water partition coefficient (Wildman–Crippen LogP) is 4.67. The number of aromatic nitrogens is 1. The number of hydrogen-bond acceptors (Lipinski definition) is 9. The molecule has 1 aromatic heterocycles. The van der Waals surface area contributed by atoms with E-state index < -0.39 is 10.9 Å². The number of esters is 1. The van der Waals surface area contributed by atoms with Crippen LogP contribution in [0.4, 0.5) is 5.69 Å². The molecule has 0 aliphatic rings. The van der Waals surface area contributed by atoms with E-state index >= 15 is 0 Å². The lowest BCUT2D eigenvalue weighted by Gasteiger charge is -2.07. The molecule has 1 amide bonds. The number of nitrogens with zero attached hydrogens (tertiary/aromatic N) is 3. The van der Waals surface area contributed by atoms with E-state index in [1.165, 1.54) is 53.6 Å². The molecule has 0 aliphatic heterocycles. The monoisotopic (exact) mass is 492 g/mol. The van der Waals surface area contributed by atoms with Gasteiger partial charge in [0, 0.05) is 17.7 Å². The average molecular weight is 493 g/mol. The van der Waals surface area contributed by atoms with E-state index in [1.807, 2.05) is 24.3 Å². The first-order valence-electron chi connectivity index (χ1n) is 9.85. The number of fused-ring (bicyclic) bond motifs is 1. The molecule has 34 heavy (non-hydrogen) atoms. The van der Waals surface area contributed by atoms with Gasteiger partial charge in [-0.3, -0.25) is 14.9 Å². The molecule has 170 valence electrons. The maximum Gasteiger partial charge on any atom is 0.343 e. The van der Waals surface area contributed by atoms with Crippen LogP contribution in [0.3, 0.4) is 0 Å². The van der Waals surface area contributed by atoms with Gasteiger partial charge in [0.1, 0.15) is 5.75 Å². The molecule has 0 spiro atoms. The number of amides is 1. The number of non-ortho nitro benzene ring substituents is 1. The predicted molar refractivity (Wildman–Crippen MR) is 131 cm³/mol. The fourth-order valence-electron chi connectivity index (χ4n) is 2.80. The molecule has 0 aliphatic carbocycles. The summed E-state index contributed by atoms with van der Waals surface area (Å²) in [7, 11) is 0. The van der Waals surface area contributed by atoms with Crippen molar-refractivity contribution >= 4 is 57.1 Å². The number of thiazole rings is 1. The highest BCUT2D eigenvalue weighted by Crippen LogP contribution is 2.29. The second kappa shape index (κ2) is 10.7. The fourth-order valence-corrected chi connectivity index (χ4v) is 4.67. The Bertz CT molecular complexity index is 1350. The largest absolute Gasteiger partial charge is 0.422 e. The van der Waals surface area contributed by atoms with E-state index in [2.05, 4.69) is 15.5 Å². The van der Waals surface area contributed by atoms with Gasteiger partial charge in [-0.1, -0.05) is 36.0 Å². The second-order valence-electron chi connectivity index (χ2n) is 6.76. The van der Waals surface area contributed by atoms with Crippen molar-refractivity contribution in [3.8, 4) is 5.75 Å². The van der Waals surface area contributed by atoms with Gasteiger partial charge in [0.2, 0.25) is 0 Å². The Labute approximate surface area is 201 Å². The van der Waals surface area contributed by atoms with Gasteiger partial charge in [-0.2, -0.15) is 5.10 Å². The zero-order valence-corrected chi connectivity index (χ0v) is 19.0. The number of para-hydroxylation sites is 2. The number of nitro groups is 1. The van der Waals surface area contributed by atoms with Crippen LogP contribution in [0.2, 0.25) is 0 Å². The number of carbonyl (C=O) groups is 2. The molecular formula is C23H16N4O5S2. The summed E-state index contributed by atoms with van der Waals surface area (Å²) in [5.74, 6) is -0.603. The number of thioether (sulfide) groups is 1. The Morgan fingerprint density at radius 1 is 1.09 bits per heavy atom. The number of carbonyl (C=O) groups excluding carboxylic acids is 2. The highest BCUT2D eigenvalue weighted by atomic mass is 32.2. The molecule has 0 fully saturated rings. The van der Waals surface area contributed by atoms with E-state index in [0.29, 0.717) is 5.56 Å². The highest BCUT2D eigenvalue weighted by Gasteiger charge is 2.13. The van der Waals surface area contributed by atoms with Crippen molar-refractivity contribution in [3.05, 3.63) is 94.0 Å². The molecule has 0 saturated carbocycles. The van der Waals surface area contributed by atoms with Gasteiger partial charge in [0.05, 0.1) is 32.7 Å². The molecule has 9 nitrogen and oxygen atoms in total. The van der Waals surface area contributed by atoms with Gasteiger partial charge >= 0.3 is 5.97 Å². The summed E-state index contributed by atoms with van der Waals surface area (Å²) in [6.07, 6.45) is 1.37.